The number of methoxy groups -OCH3 is 3. The molecule has 0 saturated heterocycles. The molecule has 72 valence electrons. The molecule has 1 aliphatic carbocycles. The molecular formula is C9H12O4. The van der Waals surface area contributed by atoms with Crippen molar-refractivity contribution in [2.24, 2.45) is 0 Å². The first-order chi connectivity index (χ1) is 6.21. The Morgan fingerprint density at radius 2 is 1.85 bits per heavy atom. The maximum atomic E-state index is 11.5. The second-order valence-corrected chi connectivity index (χ2v) is 2.48. The molecule has 1 aliphatic rings. The van der Waals surface area contributed by atoms with Gasteiger partial charge in [0.25, 0.3) is 5.79 Å². The summed E-state index contributed by atoms with van der Waals surface area (Å²) in [4.78, 5) is 11.5. The number of hydrogen-bond donors (Lipinski definition) is 0. The number of carbonyl (C=O) groups is 1. The molecule has 0 amide bonds. The Bertz CT molecular complexity index is 261. The van der Waals surface area contributed by atoms with E-state index < -0.39 is 5.79 Å². The van der Waals surface area contributed by atoms with Crippen molar-refractivity contribution in [2.45, 2.75) is 5.79 Å². The third kappa shape index (κ3) is 1.38. The van der Waals surface area contributed by atoms with Gasteiger partial charge in [-0.25, -0.2) is 0 Å². The average molecular weight is 184 g/mol. The third-order valence-electron chi connectivity index (χ3n) is 1.94. The lowest BCUT2D eigenvalue weighted by atomic mass is 10.0. The quantitative estimate of drug-likeness (QED) is 0.604. The van der Waals surface area contributed by atoms with E-state index in [1.165, 1.54) is 27.4 Å². The monoisotopic (exact) mass is 184 g/mol. The molecule has 0 aliphatic heterocycles. The Morgan fingerprint density at radius 3 is 2.23 bits per heavy atom. The zero-order valence-corrected chi connectivity index (χ0v) is 7.87. The highest BCUT2D eigenvalue weighted by molar-refractivity contribution is 5.99. The van der Waals surface area contributed by atoms with Crippen molar-refractivity contribution in [3.05, 3.63) is 24.0 Å². The maximum absolute atomic E-state index is 11.5. The summed E-state index contributed by atoms with van der Waals surface area (Å²) in [7, 11) is 4.26. The van der Waals surface area contributed by atoms with Gasteiger partial charge in [0.2, 0.25) is 5.78 Å². The van der Waals surface area contributed by atoms with E-state index >= 15 is 0 Å². The Kier molecular flexibility index (Phi) is 2.85. The molecule has 0 aromatic carbocycles. The van der Waals surface area contributed by atoms with Crippen LogP contribution in [-0.2, 0) is 19.0 Å². The van der Waals surface area contributed by atoms with Crippen LogP contribution in [0, 0.1) is 0 Å². The summed E-state index contributed by atoms with van der Waals surface area (Å²) >= 11 is 0. The van der Waals surface area contributed by atoms with Gasteiger partial charge < -0.3 is 14.2 Å². The molecule has 1 rings (SSSR count). The second kappa shape index (κ2) is 3.72. The number of rotatable bonds is 3. The average Bonchev–Trinajstić information content (AvgIpc) is 2.18. The van der Waals surface area contributed by atoms with E-state index in [1.807, 2.05) is 0 Å². The summed E-state index contributed by atoms with van der Waals surface area (Å²) in [5.74, 6) is -1.33. The first kappa shape index (κ1) is 9.95. The molecule has 4 nitrogen and oxygen atoms in total. The van der Waals surface area contributed by atoms with E-state index in [-0.39, 0.29) is 5.78 Å². The highest BCUT2D eigenvalue weighted by atomic mass is 16.7. The predicted molar refractivity (Wildman–Crippen MR) is 46.0 cm³/mol. The highest BCUT2D eigenvalue weighted by Crippen LogP contribution is 2.27. The Morgan fingerprint density at radius 1 is 1.23 bits per heavy atom. The first-order valence-electron chi connectivity index (χ1n) is 3.79. The number of hydrogen-bond acceptors (Lipinski definition) is 4. The fourth-order valence-electron chi connectivity index (χ4n) is 1.25. The Balaban J connectivity index is 3.09. The summed E-state index contributed by atoms with van der Waals surface area (Å²) in [6.07, 6.45) is 4.61. The SMILES string of the molecule is COC1=CC=CC(=O)C1(OC)OC. The van der Waals surface area contributed by atoms with Crippen molar-refractivity contribution in [1.29, 1.82) is 0 Å². The van der Waals surface area contributed by atoms with Crippen molar-refractivity contribution in [1.82, 2.24) is 0 Å². The standard InChI is InChI=1S/C9H12O4/c1-11-8-6-4-5-7(10)9(8,12-2)13-3/h4-6H,1-3H3. The van der Waals surface area contributed by atoms with Crippen LogP contribution in [0.25, 0.3) is 0 Å². The van der Waals surface area contributed by atoms with Gasteiger partial charge in [-0.2, -0.15) is 0 Å². The van der Waals surface area contributed by atoms with Crippen molar-refractivity contribution < 1.29 is 19.0 Å². The topological polar surface area (TPSA) is 44.8 Å². The van der Waals surface area contributed by atoms with Crippen LogP contribution >= 0.6 is 0 Å². The fraction of sp³-hybridized carbons (Fsp3) is 0.444. The molecule has 0 atom stereocenters. The number of ether oxygens (including phenoxy) is 3. The number of ketones is 1. The van der Waals surface area contributed by atoms with Gasteiger partial charge in [-0.15, -0.1) is 0 Å². The van der Waals surface area contributed by atoms with E-state index in [0.717, 1.165) is 0 Å². The van der Waals surface area contributed by atoms with Gasteiger partial charge in [0.1, 0.15) is 0 Å². The summed E-state index contributed by atoms with van der Waals surface area (Å²) in [6, 6.07) is 0. The maximum Gasteiger partial charge on any atom is 0.292 e. The minimum atomic E-state index is -1.40. The van der Waals surface area contributed by atoms with Gasteiger partial charge in [0.15, 0.2) is 5.76 Å². The lowest BCUT2D eigenvalue weighted by Crippen LogP contribution is -2.45. The normalized spacial score (nSPS) is 19.9. The molecule has 0 unspecified atom stereocenters. The van der Waals surface area contributed by atoms with E-state index in [2.05, 4.69) is 0 Å². The highest BCUT2D eigenvalue weighted by Gasteiger charge is 2.44. The fourth-order valence-corrected chi connectivity index (χ4v) is 1.25. The van der Waals surface area contributed by atoms with Crippen molar-refractivity contribution in [3.8, 4) is 0 Å². The third-order valence-corrected chi connectivity index (χ3v) is 1.94. The summed E-state index contributed by atoms with van der Waals surface area (Å²) < 4.78 is 15.1. The first-order valence-corrected chi connectivity index (χ1v) is 3.79. The van der Waals surface area contributed by atoms with Crippen LogP contribution in [0.15, 0.2) is 24.0 Å². The van der Waals surface area contributed by atoms with Crippen LogP contribution in [-0.4, -0.2) is 32.9 Å². The van der Waals surface area contributed by atoms with Crippen molar-refractivity contribution in [2.75, 3.05) is 21.3 Å². The van der Waals surface area contributed by atoms with Gasteiger partial charge in [0.05, 0.1) is 7.11 Å². The lowest BCUT2D eigenvalue weighted by Gasteiger charge is -2.30. The molecule has 0 saturated carbocycles. The van der Waals surface area contributed by atoms with Gasteiger partial charge in [0, 0.05) is 14.2 Å². The lowest BCUT2D eigenvalue weighted by molar-refractivity contribution is -0.199. The molecule has 0 aromatic heterocycles. The smallest absolute Gasteiger partial charge is 0.292 e. The number of allylic oxidation sites excluding steroid dienone is 2. The van der Waals surface area contributed by atoms with Gasteiger partial charge in [-0.3, -0.25) is 4.79 Å². The van der Waals surface area contributed by atoms with E-state index in [4.69, 9.17) is 14.2 Å². The summed E-state index contributed by atoms with van der Waals surface area (Å²) in [5, 5.41) is 0. The zero-order chi connectivity index (χ0) is 9.90. The van der Waals surface area contributed by atoms with Crippen LogP contribution in [0.5, 0.6) is 0 Å². The van der Waals surface area contributed by atoms with Crippen LogP contribution in [0.1, 0.15) is 0 Å². The van der Waals surface area contributed by atoms with Gasteiger partial charge in [-0.1, -0.05) is 6.08 Å². The van der Waals surface area contributed by atoms with Gasteiger partial charge in [-0.05, 0) is 12.2 Å². The Hall–Kier alpha value is -1.13. The molecule has 13 heavy (non-hydrogen) atoms. The van der Waals surface area contributed by atoms with Crippen LogP contribution in [0.3, 0.4) is 0 Å². The summed E-state index contributed by atoms with van der Waals surface area (Å²) in [6.45, 7) is 0. The van der Waals surface area contributed by atoms with Crippen LogP contribution < -0.4 is 0 Å². The van der Waals surface area contributed by atoms with Gasteiger partial charge >= 0.3 is 0 Å². The molecule has 0 aromatic rings. The van der Waals surface area contributed by atoms with Crippen LogP contribution in [0.4, 0.5) is 0 Å². The minimum Gasteiger partial charge on any atom is -0.495 e. The second-order valence-electron chi connectivity index (χ2n) is 2.48. The molecule has 0 N–H and O–H groups in total. The minimum absolute atomic E-state index is 0.281. The molecule has 4 heteroatoms. The van der Waals surface area contributed by atoms with Crippen LogP contribution in [0.2, 0.25) is 0 Å². The molecule has 0 bridgehead atoms. The molecule has 0 fully saturated rings. The summed E-state index contributed by atoms with van der Waals surface area (Å²) in [5.41, 5.74) is 0. The molecular weight excluding hydrogens is 172 g/mol. The van der Waals surface area contributed by atoms with E-state index in [0.29, 0.717) is 5.76 Å². The van der Waals surface area contributed by atoms with E-state index in [9.17, 15) is 4.79 Å². The Labute approximate surface area is 76.8 Å². The molecule has 0 radical (unpaired) electrons. The molecule has 0 spiro atoms. The van der Waals surface area contributed by atoms with Crippen molar-refractivity contribution in [3.63, 3.8) is 0 Å². The zero-order valence-electron chi connectivity index (χ0n) is 7.87. The number of carbonyl (C=O) groups excluding carboxylic acids is 1. The van der Waals surface area contributed by atoms with Crippen molar-refractivity contribution >= 4 is 5.78 Å². The predicted octanol–water partition coefficient (Wildman–Crippen LogP) is 0.645. The largest absolute Gasteiger partial charge is 0.495 e. The van der Waals surface area contributed by atoms with E-state index in [1.54, 1.807) is 12.2 Å². The molecule has 0 heterocycles.